The summed E-state index contributed by atoms with van der Waals surface area (Å²) in [5.41, 5.74) is 1.13. The summed E-state index contributed by atoms with van der Waals surface area (Å²) in [6.45, 7) is 2.63. The SMILES string of the molecule is CCCCNS(=O)(=O)c1ccc(C(=O)NCc2ccc(F)cc2)cc1. The van der Waals surface area contributed by atoms with Crippen LogP contribution < -0.4 is 10.0 Å². The van der Waals surface area contributed by atoms with Crippen LogP contribution in [0.4, 0.5) is 4.39 Å². The maximum Gasteiger partial charge on any atom is 0.251 e. The molecule has 0 aliphatic carbocycles. The molecule has 0 aliphatic heterocycles. The molecule has 5 nitrogen and oxygen atoms in total. The van der Waals surface area contributed by atoms with E-state index in [1.54, 1.807) is 12.1 Å². The lowest BCUT2D eigenvalue weighted by Gasteiger charge is -2.08. The number of nitrogens with one attached hydrogen (secondary N) is 2. The maximum absolute atomic E-state index is 12.8. The molecule has 2 aromatic rings. The van der Waals surface area contributed by atoms with Gasteiger partial charge in [-0.05, 0) is 48.4 Å². The van der Waals surface area contributed by atoms with Gasteiger partial charge in [0.1, 0.15) is 5.82 Å². The topological polar surface area (TPSA) is 75.3 Å². The van der Waals surface area contributed by atoms with E-state index in [1.807, 2.05) is 6.92 Å². The molecule has 0 saturated heterocycles. The minimum Gasteiger partial charge on any atom is -0.348 e. The van der Waals surface area contributed by atoms with E-state index in [4.69, 9.17) is 0 Å². The molecule has 0 spiro atoms. The molecule has 0 bridgehead atoms. The van der Waals surface area contributed by atoms with Crippen LogP contribution in [-0.4, -0.2) is 20.9 Å². The summed E-state index contributed by atoms with van der Waals surface area (Å²) in [6.07, 6.45) is 1.67. The Hall–Kier alpha value is -2.25. The lowest BCUT2D eigenvalue weighted by molar-refractivity contribution is 0.0951. The van der Waals surface area contributed by atoms with Crippen molar-refractivity contribution in [2.45, 2.75) is 31.2 Å². The summed E-state index contributed by atoms with van der Waals surface area (Å²) in [6, 6.07) is 11.6. The molecular weight excluding hydrogens is 343 g/mol. The van der Waals surface area contributed by atoms with Gasteiger partial charge < -0.3 is 5.32 Å². The Morgan fingerprint density at radius 3 is 2.28 bits per heavy atom. The minimum atomic E-state index is -3.55. The number of hydrogen-bond donors (Lipinski definition) is 2. The number of unbranched alkanes of at least 4 members (excludes halogenated alkanes) is 1. The van der Waals surface area contributed by atoms with Crippen molar-refractivity contribution in [2.24, 2.45) is 0 Å². The molecule has 1 amide bonds. The van der Waals surface area contributed by atoms with E-state index in [0.29, 0.717) is 12.1 Å². The van der Waals surface area contributed by atoms with E-state index >= 15 is 0 Å². The van der Waals surface area contributed by atoms with Crippen molar-refractivity contribution in [3.63, 3.8) is 0 Å². The van der Waals surface area contributed by atoms with E-state index < -0.39 is 10.0 Å². The van der Waals surface area contributed by atoms with Gasteiger partial charge in [0.15, 0.2) is 0 Å². The Kier molecular flexibility index (Phi) is 6.66. The quantitative estimate of drug-likeness (QED) is 0.707. The van der Waals surface area contributed by atoms with Gasteiger partial charge in [-0.25, -0.2) is 17.5 Å². The van der Waals surface area contributed by atoms with Gasteiger partial charge in [-0.3, -0.25) is 4.79 Å². The summed E-state index contributed by atoms with van der Waals surface area (Å²) >= 11 is 0. The number of halogens is 1. The first kappa shape index (κ1) is 19.1. The third-order valence-electron chi connectivity index (χ3n) is 3.62. The Bertz CT molecular complexity index is 803. The summed E-state index contributed by atoms with van der Waals surface area (Å²) in [7, 11) is -3.55. The number of carbonyl (C=O) groups excluding carboxylic acids is 1. The second-order valence-electron chi connectivity index (χ2n) is 5.58. The molecule has 2 rings (SSSR count). The van der Waals surface area contributed by atoms with E-state index in [2.05, 4.69) is 10.0 Å². The highest BCUT2D eigenvalue weighted by atomic mass is 32.2. The Morgan fingerprint density at radius 2 is 1.68 bits per heavy atom. The van der Waals surface area contributed by atoms with Crippen LogP contribution >= 0.6 is 0 Å². The molecule has 0 fully saturated rings. The van der Waals surface area contributed by atoms with Crippen molar-refractivity contribution < 1.29 is 17.6 Å². The molecular formula is C18H21FN2O3S. The first-order chi connectivity index (χ1) is 11.9. The molecule has 0 heterocycles. The van der Waals surface area contributed by atoms with Crippen LogP contribution in [0.2, 0.25) is 0 Å². The molecule has 2 N–H and O–H groups in total. The van der Waals surface area contributed by atoms with Crippen LogP contribution in [0.25, 0.3) is 0 Å². The van der Waals surface area contributed by atoms with Gasteiger partial charge in [0.2, 0.25) is 10.0 Å². The van der Waals surface area contributed by atoms with E-state index in [0.717, 1.165) is 18.4 Å². The van der Waals surface area contributed by atoms with Crippen LogP contribution in [0.3, 0.4) is 0 Å². The van der Waals surface area contributed by atoms with Crippen LogP contribution in [-0.2, 0) is 16.6 Å². The van der Waals surface area contributed by atoms with Crippen molar-refractivity contribution in [1.82, 2.24) is 10.0 Å². The molecule has 0 saturated carbocycles. The van der Waals surface area contributed by atoms with Gasteiger partial charge >= 0.3 is 0 Å². The zero-order valence-corrected chi connectivity index (χ0v) is 14.8. The van der Waals surface area contributed by atoms with Crippen LogP contribution in [0.1, 0.15) is 35.7 Å². The molecule has 0 radical (unpaired) electrons. The van der Waals surface area contributed by atoms with Crippen molar-refractivity contribution >= 4 is 15.9 Å². The molecule has 7 heteroatoms. The highest BCUT2D eigenvalue weighted by molar-refractivity contribution is 7.89. The fourth-order valence-electron chi connectivity index (χ4n) is 2.14. The summed E-state index contributed by atoms with van der Waals surface area (Å²) in [4.78, 5) is 12.2. The number of benzene rings is 2. The second kappa shape index (κ2) is 8.73. The second-order valence-corrected chi connectivity index (χ2v) is 7.35. The summed E-state index contributed by atoms with van der Waals surface area (Å²) < 4.78 is 39.5. The van der Waals surface area contributed by atoms with Crippen molar-refractivity contribution in [3.05, 3.63) is 65.5 Å². The fraction of sp³-hybridized carbons (Fsp3) is 0.278. The highest BCUT2D eigenvalue weighted by Gasteiger charge is 2.14. The predicted octanol–water partition coefficient (Wildman–Crippen LogP) is 2.83. The number of amides is 1. The third kappa shape index (κ3) is 5.65. The fourth-order valence-corrected chi connectivity index (χ4v) is 3.21. The summed E-state index contributed by atoms with van der Waals surface area (Å²) in [5, 5.41) is 2.71. The maximum atomic E-state index is 12.8. The van der Waals surface area contributed by atoms with E-state index in [9.17, 15) is 17.6 Å². The van der Waals surface area contributed by atoms with Crippen molar-refractivity contribution in [3.8, 4) is 0 Å². The zero-order valence-electron chi connectivity index (χ0n) is 14.0. The molecule has 0 aliphatic rings. The average molecular weight is 364 g/mol. The van der Waals surface area contributed by atoms with Gasteiger partial charge in [0.05, 0.1) is 4.90 Å². The summed E-state index contributed by atoms with van der Waals surface area (Å²) in [5.74, 6) is -0.661. The lowest BCUT2D eigenvalue weighted by atomic mass is 10.2. The Morgan fingerprint density at radius 1 is 1.04 bits per heavy atom. The predicted molar refractivity (Wildman–Crippen MR) is 94.1 cm³/mol. The largest absolute Gasteiger partial charge is 0.348 e. The van der Waals surface area contributed by atoms with Gasteiger partial charge in [-0.2, -0.15) is 0 Å². The van der Waals surface area contributed by atoms with Crippen molar-refractivity contribution in [1.29, 1.82) is 0 Å². The van der Waals surface area contributed by atoms with Gasteiger partial charge in [-0.1, -0.05) is 25.5 Å². The first-order valence-electron chi connectivity index (χ1n) is 8.05. The number of carbonyl (C=O) groups is 1. The normalized spacial score (nSPS) is 11.3. The number of hydrogen-bond acceptors (Lipinski definition) is 3. The van der Waals surface area contributed by atoms with E-state index in [1.165, 1.54) is 36.4 Å². The highest BCUT2D eigenvalue weighted by Crippen LogP contribution is 2.11. The number of rotatable bonds is 8. The van der Waals surface area contributed by atoms with Crippen LogP contribution in [0.15, 0.2) is 53.4 Å². The molecule has 0 aromatic heterocycles. The molecule has 134 valence electrons. The number of sulfonamides is 1. The molecule has 0 atom stereocenters. The smallest absolute Gasteiger partial charge is 0.251 e. The molecule has 25 heavy (non-hydrogen) atoms. The Labute approximate surface area is 147 Å². The lowest BCUT2D eigenvalue weighted by Crippen LogP contribution is -2.25. The van der Waals surface area contributed by atoms with Gasteiger partial charge in [-0.15, -0.1) is 0 Å². The third-order valence-corrected chi connectivity index (χ3v) is 5.09. The molecule has 2 aromatic carbocycles. The average Bonchev–Trinajstić information content (AvgIpc) is 2.61. The van der Waals surface area contributed by atoms with Crippen LogP contribution in [0, 0.1) is 5.82 Å². The van der Waals surface area contributed by atoms with Crippen molar-refractivity contribution in [2.75, 3.05) is 6.54 Å². The van der Waals surface area contributed by atoms with Gasteiger partial charge in [0.25, 0.3) is 5.91 Å². The first-order valence-corrected chi connectivity index (χ1v) is 9.53. The zero-order chi connectivity index (χ0) is 18.3. The Balaban J connectivity index is 1.96. The standard InChI is InChI=1S/C18H21FN2O3S/c1-2-3-12-21-25(23,24)17-10-6-15(7-11-17)18(22)20-13-14-4-8-16(19)9-5-14/h4-11,21H,2-3,12-13H2,1H3,(H,20,22). The van der Waals surface area contributed by atoms with Gasteiger partial charge in [0, 0.05) is 18.7 Å². The molecule has 0 unspecified atom stereocenters. The monoisotopic (exact) mass is 364 g/mol. The van der Waals surface area contributed by atoms with Crippen LogP contribution in [0.5, 0.6) is 0 Å². The van der Waals surface area contributed by atoms with E-state index in [-0.39, 0.29) is 23.2 Å². The minimum absolute atomic E-state index is 0.124.